The average Bonchev–Trinajstić information content (AvgIpc) is 2.74. The van der Waals surface area contributed by atoms with Crippen molar-refractivity contribution in [3.63, 3.8) is 0 Å². The highest BCUT2D eigenvalue weighted by atomic mass is 32.2. The van der Waals surface area contributed by atoms with Crippen molar-refractivity contribution in [3.05, 3.63) is 18.2 Å². The molecule has 3 atom stereocenters. The van der Waals surface area contributed by atoms with E-state index >= 15 is 0 Å². The van der Waals surface area contributed by atoms with E-state index in [-0.39, 0.29) is 28.8 Å². The summed E-state index contributed by atoms with van der Waals surface area (Å²) in [6.45, 7) is 10.9. The molecule has 2 N–H and O–H groups in total. The minimum Gasteiger partial charge on any atom is -0.368 e. The Balaban J connectivity index is 2.39. The lowest BCUT2D eigenvalue weighted by molar-refractivity contribution is -0.120. The van der Waals surface area contributed by atoms with Gasteiger partial charge in [-0.3, -0.25) is 4.79 Å². The number of benzene rings is 1. The topological polar surface area (TPSA) is 78.5 Å². The molecule has 31 heavy (non-hydrogen) atoms. The molecule has 0 saturated carbocycles. The van der Waals surface area contributed by atoms with Crippen LogP contribution in [0.4, 0.5) is 11.4 Å². The zero-order chi connectivity index (χ0) is 23.0. The highest BCUT2D eigenvalue weighted by molar-refractivity contribution is 7.89. The minimum atomic E-state index is -3.72. The molecule has 7 heteroatoms. The van der Waals surface area contributed by atoms with E-state index in [0.717, 1.165) is 57.2 Å². The lowest BCUT2D eigenvalue weighted by Gasteiger charge is -2.36. The van der Waals surface area contributed by atoms with Gasteiger partial charge in [0.15, 0.2) is 0 Å². The Morgan fingerprint density at radius 3 is 2.55 bits per heavy atom. The first-order chi connectivity index (χ1) is 14.7. The standard InChI is InChI=1S/C24H41N3O3S/c1-6-9-13-20(8-3)24(28)25-21-14-15-22(27-16-11-10-12-19(27)5)23(17-21)31(29,30)26-18(4)7-2/h14-15,17-20,26H,6-13,16H2,1-5H3,(H,25,28)/t18-,19-,20-/m0/s1. The summed E-state index contributed by atoms with van der Waals surface area (Å²) in [5.74, 6) is -0.0895. The lowest BCUT2D eigenvalue weighted by Crippen LogP contribution is -2.39. The molecular weight excluding hydrogens is 410 g/mol. The van der Waals surface area contributed by atoms with Gasteiger partial charge in [0.25, 0.3) is 0 Å². The number of rotatable bonds is 11. The molecule has 0 aliphatic carbocycles. The summed E-state index contributed by atoms with van der Waals surface area (Å²) in [4.78, 5) is 15.2. The first-order valence-corrected chi connectivity index (χ1v) is 13.5. The number of carbonyl (C=O) groups excluding carboxylic acids is 1. The molecule has 1 heterocycles. The maximum absolute atomic E-state index is 13.3. The fraction of sp³-hybridized carbons (Fsp3) is 0.708. The van der Waals surface area contributed by atoms with Crippen molar-refractivity contribution in [2.45, 2.75) is 103 Å². The van der Waals surface area contributed by atoms with Crippen molar-refractivity contribution >= 4 is 27.3 Å². The molecule has 0 aromatic heterocycles. The molecule has 6 nitrogen and oxygen atoms in total. The number of piperidine rings is 1. The number of amides is 1. The molecule has 1 aromatic carbocycles. The summed E-state index contributed by atoms with van der Waals surface area (Å²) < 4.78 is 29.4. The number of anilines is 2. The summed E-state index contributed by atoms with van der Waals surface area (Å²) >= 11 is 0. The third kappa shape index (κ3) is 6.94. The Morgan fingerprint density at radius 2 is 1.94 bits per heavy atom. The quantitative estimate of drug-likeness (QED) is 0.479. The molecule has 0 bridgehead atoms. The maximum atomic E-state index is 13.3. The van der Waals surface area contributed by atoms with Gasteiger partial charge in [0, 0.05) is 30.2 Å². The molecule has 2 rings (SSSR count). The van der Waals surface area contributed by atoms with Gasteiger partial charge in [0.05, 0.1) is 5.69 Å². The molecule has 1 fully saturated rings. The van der Waals surface area contributed by atoms with Crippen LogP contribution in [-0.2, 0) is 14.8 Å². The Labute approximate surface area is 189 Å². The first-order valence-electron chi connectivity index (χ1n) is 12.0. The molecule has 1 saturated heterocycles. The van der Waals surface area contributed by atoms with Crippen molar-refractivity contribution in [2.75, 3.05) is 16.8 Å². The van der Waals surface area contributed by atoms with Gasteiger partial charge in [-0.15, -0.1) is 0 Å². The van der Waals surface area contributed by atoms with Crippen molar-refractivity contribution in [3.8, 4) is 0 Å². The van der Waals surface area contributed by atoms with E-state index in [4.69, 9.17) is 0 Å². The summed E-state index contributed by atoms with van der Waals surface area (Å²) in [7, 11) is -3.72. The van der Waals surface area contributed by atoms with Gasteiger partial charge in [0.1, 0.15) is 4.90 Å². The van der Waals surface area contributed by atoms with E-state index in [1.165, 1.54) is 0 Å². The van der Waals surface area contributed by atoms with E-state index in [0.29, 0.717) is 12.1 Å². The number of sulfonamides is 1. The first kappa shape index (κ1) is 25.7. The maximum Gasteiger partial charge on any atom is 0.242 e. The minimum absolute atomic E-state index is 0.0340. The van der Waals surface area contributed by atoms with Crippen molar-refractivity contribution in [1.29, 1.82) is 0 Å². The van der Waals surface area contributed by atoms with Gasteiger partial charge in [-0.25, -0.2) is 13.1 Å². The number of hydrogen-bond acceptors (Lipinski definition) is 4. The number of nitrogens with one attached hydrogen (secondary N) is 2. The summed E-state index contributed by atoms with van der Waals surface area (Å²) in [5, 5.41) is 2.97. The van der Waals surface area contributed by atoms with Crippen LogP contribution < -0.4 is 14.9 Å². The predicted octanol–water partition coefficient (Wildman–Crippen LogP) is 5.30. The van der Waals surface area contributed by atoms with Crippen LogP contribution in [0.25, 0.3) is 0 Å². The zero-order valence-corrected chi connectivity index (χ0v) is 20.7. The Hall–Kier alpha value is -1.60. The number of carbonyl (C=O) groups is 1. The number of hydrogen-bond donors (Lipinski definition) is 2. The summed E-state index contributed by atoms with van der Waals surface area (Å²) in [5.41, 5.74) is 1.26. The highest BCUT2D eigenvalue weighted by Crippen LogP contribution is 2.33. The molecular formula is C24H41N3O3S. The Kier molecular flexibility index (Phi) is 9.82. The van der Waals surface area contributed by atoms with Crippen LogP contribution in [-0.4, -0.2) is 33.0 Å². The van der Waals surface area contributed by atoms with Gasteiger partial charge < -0.3 is 10.2 Å². The molecule has 176 valence electrons. The van der Waals surface area contributed by atoms with E-state index in [1.807, 2.05) is 32.9 Å². The average molecular weight is 452 g/mol. The van der Waals surface area contributed by atoms with Crippen LogP contribution >= 0.6 is 0 Å². The highest BCUT2D eigenvalue weighted by Gasteiger charge is 2.28. The van der Waals surface area contributed by atoms with Crippen LogP contribution in [0.1, 0.15) is 86.0 Å². The smallest absolute Gasteiger partial charge is 0.242 e. The molecule has 1 aliphatic rings. The van der Waals surface area contributed by atoms with Gasteiger partial charge in [-0.05, 0) is 70.6 Å². The SMILES string of the molecule is CCCC[C@H](CC)C(=O)Nc1ccc(N2CCCC[C@@H]2C)c(S(=O)(=O)N[C@@H](C)CC)c1. The largest absolute Gasteiger partial charge is 0.368 e. The number of unbranched alkanes of at least 4 members (excludes halogenated alkanes) is 1. The summed E-state index contributed by atoms with van der Waals surface area (Å²) in [6, 6.07) is 5.45. The van der Waals surface area contributed by atoms with Gasteiger partial charge >= 0.3 is 0 Å². The van der Waals surface area contributed by atoms with E-state index in [2.05, 4.69) is 28.8 Å². The third-order valence-electron chi connectivity index (χ3n) is 6.37. The van der Waals surface area contributed by atoms with Crippen LogP contribution in [0.3, 0.4) is 0 Å². The van der Waals surface area contributed by atoms with Crippen molar-refractivity contribution < 1.29 is 13.2 Å². The van der Waals surface area contributed by atoms with Gasteiger partial charge in [0.2, 0.25) is 15.9 Å². The molecule has 0 radical (unpaired) electrons. The zero-order valence-electron chi connectivity index (χ0n) is 19.9. The molecule has 0 spiro atoms. The van der Waals surface area contributed by atoms with E-state index in [9.17, 15) is 13.2 Å². The van der Waals surface area contributed by atoms with E-state index in [1.54, 1.807) is 6.07 Å². The van der Waals surface area contributed by atoms with Crippen LogP contribution in [0.5, 0.6) is 0 Å². The summed E-state index contributed by atoms with van der Waals surface area (Å²) in [6.07, 6.45) is 7.66. The lowest BCUT2D eigenvalue weighted by atomic mass is 9.98. The third-order valence-corrected chi connectivity index (χ3v) is 7.99. The fourth-order valence-electron chi connectivity index (χ4n) is 4.13. The Morgan fingerprint density at radius 1 is 1.19 bits per heavy atom. The molecule has 1 amide bonds. The van der Waals surface area contributed by atoms with Crippen molar-refractivity contribution in [1.82, 2.24) is 4.72 Å². The van der Waals surface area contributed by atoms with Crippen LogP contribution in [0, 0.1) is 5.92 Å². The van der Waals surface area contributed by atoms with Gasteiger partial charge in [-0.2, -0.15) is 0 Å². The monoisotopic (exact) mass is 451 g/mol. The predicted molar refractivity (Wildman–Crippen MR) is 129 cm³/mol. The second kappa shape index (κ2) is 11.9. The fourth-order valence-corrected chi connectivity index (χ4v) is 5.69. The molecule has 1 aliphatic heterocycles. The second-order valence-corrected chi connectivity index (χ2v) is 10.6. The van der Waals surface area contributed by atoms with E-state index < -0.39 is 10.0 Å². The second-order valence-electron chi connectivity index (χ2n) is 8.89. The normalized spacial score (nSPS) is 19.1. The van der Waals surface area contributed by atoms with Crippen LogP contribution in [0.2, 0.25) is 0 Å². The molecule has 1 aromatic rings. The molecule has 0 unspecified atom stereocenters. The Bertz CT molecular complexity index is 825. The number of nitrogens with zero attached hydrogens (tertiary/aromatic N) is 1. The van der Waals surface area contributed by atoms with Gasteiger partial charge in [-0.1, -0.05) is 33.6 Å². The van der Waals surface area contributed by atoms with Crippen molar-refractivity contribution in [2.24, 2.45) is 5.92 Å². The van der Waals surface area contributed by atoms with Crippen LogP contribution in [0.15, 0.2) is 23.1 Å².